The van der Waals surface area contributed by atoms with E-state index in [4.69, 9.17) is 0 Å². The van der Waals surface area contributed by atoms with E-state index in [-0.39, 0.29) is 32.1 Å². The fourth-order valence-corrected chi connectivity index (χ4v) is 3.65. The molecule has 0 saturated carbocycles. The normalized spacial score (nSPS) is 19.3. The number of sulfone groups is 1. The molecule has 0 saturated heterocycles. The average molecular weight is 385 g/mol. The van der Waals surface area contributed by atoms with Crippen molar-refractivity contribution < 1.29 is 21.6 Å². The predicted molar refractivity (Wildman–Crippen MR) is 74.1 cm³/mol. The maximum atomic E-state index is 12.9. The number of hydrogen-bond acceptors (Lipinski definition) is 4. The fraction of sp³-hybridized carbons (Fsp3) is 0.417. The Morgan fingerprint density at radius 3 is 2.67 bits per heavy atom. The molecule has 0 N–H and O–H groups in total. The molecule has 1 atom stereocenters. The van der Waals surface area contributed by atoms with Gasteiger partial charge in [-0.2, -0.15) is 13.2 Å². The van der Waals surface area contributed by atoms with Crippen LogP contribution in [-0.4, -0.2) is 30.4 Å². The van der Waals surface area contributed by atoms with Crippen LogP contribution in [0, 0.1) is 0 Å². The smallest absolute Gasteiger partial charge is 0.282 e. The van der Waals surface area contributed by atoms with Crippen molar-refractivity contribution in [3.8, 4) is 0 Å². The van der Waals surface area contributed by atoms with Crippen LogP contribution in [0.4, 0.5) is 13.2 Å². The summed E-state index contributed by atoms with van der Waals surface area (Å²) in [6.07, 6.45) is -0.873. The molecule has 0 radical (unpaired) electrons. The van der Waals surface area contributed by atoms with E-state index in [9.17, 15) is 21.6 Å². The van der Waals surface area contributed by atoms with Crippen LogP contribution < -0.4 is 0 Å². The zero-order chi connectivity index (χ0) is 15.8. The summed E-state index contributed by atoms with van der Waals surface area (Å²) >= 11 is 3.12. The topological polar surface area (TPSA) is 50.3 Å². The third-order valence-electron chi connectivity index (χ3n) is 3.15. The van der Waals surface area contributed by atoms with Gasteiger partial charge in [0, 0.05) is 16.9 Å². The Balaban J connectivity index is 2.39. The molecule has 0 amide bonds. The summed E-state index contributed by atoms with van der Waals surface area (Å²) in [5.41, 5.74) is 0.160. The number of pyridine rings is 1. The minimum Gasteiger partial charge on any atom is -0.282 e. The first-order chi connectivity index (χ1) is 9.66. The van der Waals surface area contributed by atoms with Crippen molar-refractivity contribution in [3.05, 3.63) is 34.7 Å². The monoisotopic (exact) mass is 384 g/mol. The molecule has 21 heavy (non-hydrogen) atoms. The summed E-state index contributed by atoms with van der Waals surface area (Å²) in [5.74, 6) is -0.0971. The van der Waals surface area contributed by atoms with E-state index in [2.05, 4.69) is 20.9 Å². The Morgan fingerprint density at radius 2 is 2.14 bits per heavy atom. The number of hydrogen-bond donors (Lipinski definition) is 0. The molecule has 2 heterocycles. The zero-order valence-electron chi connectivity index (χ0n) is 10.9. The van der Waals surface area contributed by atoms with E-state index in [1.165, 1.54) is 19.1 Å². The average Bonchev–Trinajstić information content (AvgIpc) is 2.87. The molecule has 1 aliphatic rings. The lowest BCUT2D eigenvalue weighted by molar-refractivity contribution is -0.237. The van der Waals surface area contributed by atoms with Gasteiger partial charge in [0.1, 0.15) is 0 Å². The van der Waals surface area contributed by atoms with Crippen LogP contribution in [0.3, 0.4) is 0 Å². The SMILES string of the molecule is CCS(=O)(=O)c1cnc(C2CC=CN2C(F)(F)F)c(Br)c1. The van der Waals surface area contributed by atoms with Gasteiger partial charge in [-0.1, -0.05) is 13.0 Å². The summed E-state index contributed by atoms with van der Waals surface area (Å²) in [4.78, 5) is 4.18. The van der Waals surface area contributed by atoms with Gasteiger partial charge in [-0.3, -0.25) is 9.88 Å². The number of nitrogens with zero attached hydrogens (tertiary/aromatic N) is 2. The molecule has 0 bridgehead atoms. The summed E-state index contributed by atoms with van der Waals surface area (Å²) in [7, 11) is -3.45. The zero-order valence-corrected chi connectivity index (χ0v) is 13.3. The first-order valence-electron chi connectivity index (χ1n) is 6.07. The third kappa shape index (κ3) is 3.23. The van der Waals surface area contributed by atoms with E-state index in [1.807, 2.05) is 0 Å². The second-order valence-electron chi connectivity index (χ2n) is 4.45. The lowest BCUT2D eigenvalue weighted by Crippen LogP contribution is -2.34. The minimum atomic E-state index is -4.51. The quantitative estimate of drug-likeness (QED) is 0.749. The van der Waals surface area contributed by atoms with Gasteiger partial charge < -0.3 is 0 Å². The second-order valence-corrected chi connectivity index (χ2v) is 7.59. The Kier molecular flexibility index (Phi) is 4.34. The Morgan fingerprint density at radius 1 is 1.48 bits per heavy atom. The molecule has 1 aliphatic heterocycles. The Labute approximate surface area is 128 Å². The van der Waals surface area contributed by atoms with Crippen molar-refractivity contribution >= 4 is 25.8 Å². The first-order valence-corrected chi connectivity index (χ1v) is 8.51. The van der Waals surface area contributed by atoms with Gasteiger partial charge in [0.15, 0.2) is 9.84 Å². The fourth-order valence-electron chi connectivity index (χ4n) is 2.04. The van der Waals surface area contributed by atoms with Crippen LogP contribution in [0.5, 0.6) is 0 Å². The molecule has 4 nitrogen and oxygen atoms in total. The summed E-state index contributed by atoms with van der Waals surface area (Å²) in [6.45, 7) is 1.49. The summed E-state index contributed by atoms with van der Waals surface area (Å²) in [5, 5.41) is 0. The summed E-state index contributed by atoms with van der Waals surface area (Å²) in [6, 6.07) is 0.311. The van der Waals surface area contributed by atoms with Crippen LogP contribution in [0.1, 0.15) is 25.1 Å². The standard InChI is InChI=1S/C12H12BrF3N2O2S/c1-2-21(19,20)8-6-9(13)11(17-7-8)10-4-3-5-18(10)12(14,15)16/h3,5-7,10H,2,4H2,1H3. The highest BCUT2D eigenvalue weighted by molar-refractivity contribution is 9.10. The maximum Gasteiger partial charge on any atom is 0.485 e. The van der Waals surface area contributed by atoms with E-state index in [0.29, 0.717) is 0 Å². The largest absolute Gasteiger partial charge is 0.485 e. The van der Waals surface area contributed by atoms with Gasteiger partial charge in [0.25, 0.3) is 0 Å². The molecule has 116 valence electrons. The molecule has 1 unspecified atom stereocenters. The number of aromatic nitrogens is 1. The molecule has 0 aromatic carbocycles. The van der Waals surface area contributed by atoms with Crippen LogP contribution in [0.2, 0.25) is 0 Å². The number of alkyl halides is 3. The molecule has 1 aromatic heterocycles. The molecule has 0 spiro atoms. The highest BCUT2D eigenvalue weighted by Gasteiger charge is 2.43. The lowest BCUT2D eigenvalue weighted by atomic mass is 10.1. The van der Waals surface area contributed by atoms with Crippen molar-refractivity contribution in [3.63, 3.8) is 0 Å². The Bertz CT molecular complexity index is 674. The van der Waals surface area contributed by atoms with Gasteiger partial charge in [0.05, 0.1) is 22.4 Å². The molecular formula is C12H12BrF3N2O2S. The number of halogens is 4. The lowest BCUT2D eigenvalue weighted by Gasteiger charge is -2.27. The second kappa shape index (κ2) is 5.60. The highest BCUT2D eigenvalue weighted by atomic mass is 79.9. The highest BCUT2D eigenvalue weighted by Crippen LogP contribution is 2.40. The molecule has 0 fully saturated rings. The van der Waals surface area contributed by atoms with E-state index >= 15 is 0 Å². The van der Waals surface area contributed by atoms with E-state index < -0.39 is 22.2 Å². The minimum absolute atomic E-state index is 0.00913. The Hall–Kier alpha value is -1.09. The molecular weight excluding hydrogens is 373 g/mol. The van der Waals surface area contributed by atoms with Gasteiger partial charge in [-0.25, -0.2) is 8.42 Å². The van der Waals surface area contributed by atoms with Crippen LogP contribution in [-0.2, 0) is 9.84 Å². The molecule has 2 rings (SSSR count). The van der Waals surface area contributed by atoms with Crippen molar-refractivity contribution in [2.24, 2.45) is 0 Å². The van der Waals surface area contributed by atoms with Crippen LogP contribution >= 0.6 is 15.9 Å². The van der Waals surface area contributed by atoms with Crippen LogP contribution in [0.25, 0.3) is 0 Å². The van der Waals surface area contributed by atoms with Crippen molar-refractivity contribution in [2.45, 2.75) is 30.6 Å². The first kappa shape index (κ1) is 16.3. The van der Waals surface area contributed by atoms with Crippen LogP contribution in [0.15, 0.2) is 33.9 Å². The predicted octanol–water partition coefficient (Wildman–Crippen LogP) is 3.42. The van der Waals surface area contributed by atoms with Crippen molar-refractivity contribution in [2.75, 3.05) is 5.75 Å². The summed E-state index contributed by atoms with van der Waals surface area (Å²) < 4.78 is 62.4. The third-order valence-corrected chi connectivity index (χ3v) is 5.49. The maximum absolute atomic E-state index is 12.9. The molecule has 9 heteroatoms. The van der Waals surface area contributed by atoms with E-state index in [0.717, 1.165) is 12.4 Å². The molecule has 1 aromatic rings. The van der Waals surface area contributed by atoms with Gasteiger partial charge in [0.2, 0.25) is 0 Å². The number of rotatable bonds is 3. The van der Waals surface area contributed by atoms with Gasteiger partial charge in [-0.15, -0.1) is 0 Å². The van der Waals surface area contributed by atoms with Gasteiger partial charge in [-0.05, 0) is 28.4 Å². The van der Waals surface area contributed by atoms with E-state index in [1.54, 1.807) is 0 Å². The van der Waals surface area contributed by atoms with Crippen molar-refractivity contribution in [1.82, 2.24) is 9.88 Å². The van der Waals surface area contributed by atoms with Gasteiger partial charge >= 0.3 is 6.30 Å². The molecule has 0 aliphatic carbocycles. The van der Waals surface area contributed by atoms with Crippen molar-refractivity contribution in [1.29, 1.82) is 0 Å².